The highest BCUT2D eigenvalue weighted by Gasteiger charge is 2.38. The van der Waals surface area contributed by atoms with Gasteiger partial charge in [-0.25, -0.2) is 9.78 Å². The zero-order chi connectivity index (χ0) is 21.6. The van der Waals surface area contributed by atoms with Crippen molar-refractivity contribution in [3.8, 4) is 11.5 Å². The molecule has 0 saturated heterocycles. The molecule has 31 heavy (non-hydrogen) atoms. The first-order valence-electron chi connectivity index (χ1n) is 9.79. The van der Waals surface area contributed by atoms with Crippen molar-refractivity contribution < 1.29 is 14.3 Å². The predicted octanol–water partition coefficient (Wildman–Crippen LogP) is 3.93. The molecule has 4 N–H and O–H groups in total. The number of fused-ring (bicyclic) bond motifs is 2. The maximum absolute atomic E-state index is 12.2. The van der Waals surface area contributed by atoms with Gasteiger partial charge < -0.3 is 15.0 Å². The fourth-order valence-electron chi connectivity index (χ4n) is 3.63. The molecule has 0 atom stereocenters. The molecular formula is C22H20N6O3. The number of nitrogens with one attached hydrogen (secondary N) is 4. The van der Waals surface area contributed by atoms with E-state index in [4.69, 9.17) is 4.74 Å². The van der Waals surface area contributed by atoms with Crippen LogP contribution in [0.15, 0.2) is 48.7 Å². The Labute approximate surface area is 177 Å². The molecule has 9 nitrogen and oxygen atoms in total. The number of nitrogens with zero attached hydrogens (tertiary/aromatic N) is 2. The molecule has 0 saturated carbocycles. The number of ether oxygens (including phenoxy) is 1. The molecule has 2 aromatic carbocycles. The molecule has 2 aromatic heterocycles. The molecule has 0 fully saturated rings. The van der Waals surface area contributed by atoms with E-state index >= 15 is 0 Å². The molecule has 3 heterocycles. The summed E-state index contributed by atoms with van der Waals surface area (Å²) < 4.78 is 5.28. The second-order valence-electron chi connectivity index (χ2n) is 7.92. The van der Waals surface area contributed by atoms with E-state index in [1.54, 1.807) is 0 Å². The quantitative estimate of drug-likeness (QED) is 0.401. The third kappa shape index (κ3) is 3.29. The number of hydrogen-bond acceptors (Lipinski definition) is 5. The average Bonchev–Trinajstić information content (AvgIpc) is 3.43. The molecule has 1 aliphatic heterocycles. The standard InChI is InChI=1S/C22H20N6O3/c1-22(2)13-8-15-16(9-14(13)26-20(22)29)25-19(24-15)18-17(10-23-28-18)27-21(30)31-11-12-6-4-3-5-7-12/h3-10H,11H2,1-2H3,(H,23,28)(H,24,25)(H,26,29)(H,27,30). The van der Waals surface area contributed by atoms with Crippen molar-refractivity contribution in [2.24, 2.45) is 0 Å². The normalized spacial score (nSPS) is 14.3. The highest BCUT2D eigenvalue weighted by Crippen LogP contribution is 2.39. The highest BCUT2D eigenvalue weighted by molar-refractivity contribution is 6.07. The third-order valence-corrected chi connectivity index (χ3v) is 5.44. The molecule has 0 bridgehead atoms. The van der Waals surface area contributed by atoms with Crippen LogP contribution < -0.4 is 10.6 Å². The number of benzene rings is 2. The van der Waals surface area contributed by atoms with E-state index in [-0.39, 0.29) is 12.5 Å². The van der Waals surface area contributed by atoms with Crippen LogP contribution in [0.1, 0.15) is 25.0 Å². The van der Waals surface area contributed by atoms with Gasteiger partial charge in [0.05, 0.1) is 28.3 Å². The van der Waals surface area contributed by atoms with E-state index in [0.717, 1.165) is 22.3 Å². The van der Waals surface area contributed by atoms with Crippen LogP contribution in [0, 0.1) is 0 Å². The summed E-state index contributed by atoms with van der Waals surface area (Å²) in [5.41, 5.74) is 4.39. The maximum Gasteiger partial charge on any atom is 0.412 e. The monoisotopic (exact) mass is 416 g/mol. The van der Waals surface area contributed by atoms with Gasteiger partial charge in [-0.15, -0.1) is 0 Å². The van der Waals surface area contributed by atoms with Crippen molar-refractivity contribution in [2.75, 3.05) is 10.6 Å². The van der Waals surface area contributed by atoms with E-state index < -0.39 is 11.5 Å². The zero-order valence-corrected chi connectivity index (χ0v) is 16.9. The summed E-state index contributed by atoms with van der Waals surface area (Å²) in [4.78, 5) is 32.3. The van der Waals surface area contributed by atoms with E-state index in [1.165, 1.54) is 6.20 Å². The van der Waals surface area contributed by atoms with Gasteiger partial charge in [0.25, 0.3) is 0 Å². The zero-order valence-electron chi connectivity index (χ0n) is 16.9. The Morgan fingerprint density at radius 3 is 2.81 bits per heavy atom. The fourth-order valence-corrected chi connectivity index (χ4v) is 3.63. The van der Waals surface area contributed by atoms with Crippen LogP contribution in [0.25, 0.3) is 22.6 Å². The molecule has 0 unspecified atom stereocenters. The summed E-state index contributed by atoms with van der Waals surface area (Å²) in [6.07, 6.45) is 0.904. The van der Waals surface area contributed by atoms with Crippen LogP contribution in [0.2, 0.25) is 0 Å². The van der Waals surface area contributed by atoms with Crippen molar-refractivity contribution in [3.63, 3.8) is 0 Å². The lowest BCUT2D eigenvalue weighted by molar-refractivity contribution is -0.119. The number of H-pyrrole nitrogens is 2. The molecule has 156 valence electrons. The van der Waals surface area contributed by atoms with Gasteiger partial charge in [-0.05, 0) is 37.1 Å². The van der Waals surface area contributed by atoms with E-state index in [0.29, 0.717) is 22.7 Å². The van der Waals surface area contributed by atoms with E-state index in [9.17, 15) is 9.59 Å². The van der Waals surface area contributed by atoms with Gasteiger partial charge in [-0.3, -0.25) is 15.2 Å². The van der Waals surface area contributed by atoms with Crippen LogP contribution in [0.4, 0.5) is 16.2 Å². The van der Waals surface area contributed by atoms with Gasteiger partial charge in [0.2, 0.25) is 5.91 Å². The third-order valence-electron chi connectivity index (χ3n) is 5.44. The highest BCUT2D eigenvalue weighted by atomic mass is 16.5. The Balaban J connectivity index is 1.38. The molecule has 5 rings (SSSR count). The van der Waals surface area contributed by atoms with Crippen molar-refractivity contribution in [1.29, 1.82) is 0 Å². The number of imidazole rings is 1. The first-order chi connectivity index (χ1) is 14.9. The van der Waals surface area contributed by atoms with Crippen molar-refractivity contribution in [2.45, 2.75) is 25.9 Å². The fraction of sp³-hybridized carbons (Fsp3) is 0.182. The summed E-state index contributed by atoms with van der Waals surface area (Å²) in [5, 5.41) is 12.5. The summed E-state index contributed by atoms with van der Waals surface area (Å²) >= 11 is 0. The average molecular weight is 416 g/mol. The first-order valence-corrected chi connectivity index (χ1v) is 9.79. The Bertz CT molecular complexity index is 1310. The van der Waals surface area contributed by atoms with Crippen LogP contribution in [0.5, 0.6) is 0 Å². The largest absolute Gasteiger partial charge is 0.444 e. The lowest BCUT2D eigenvalue weighted by Crippen LogP contribution is -2.26. The topological polar surface area (TPSA) is 125 Å². The Morgan fingerprint density at radius 1 is 1.19 bits per heavy atom. The molecule has 0 spiro atoms. The smallest absolute Gasteiger partial charge is 0.412 e. The minimum absolute atomic E-state index is 0.0376. The molecule has 2 amide bonds. The molecule has 4 aromatic rings. The van der Waals surface area contributed by atoms with Crippen molar-refractivity contribution in [1.82, 2.24) is 20.2 Å². The van der Waals surface area contributed by atoms with Crippen LogP contribution in [-0.2, 0) is 21.6 Å². The summed E-state index contributed by atoms with van der Waals surface area (Å²) in [6, 6.07) is 13.2. The van der Waals surface area contributed by atoms with Gasteiger partial charge in [0, 0.05) is 5.69 Å². The van der Waals surface area contributed by atoms with Crippen LogP contribution in [0.3, 0.4) is 0 Å². The van der Waals surface area contributed by atoms with Crippen LogP contribution in [-0.4, -0.2) is 32.2 Å². The molecule has 1 aliphatic rings. The van der Waals surface area contributed by atoms with Gasteiger partial charge in [-0.1, -0.05) is 30.3 Å². The Hall–Kier alpha value is -4.14. The Morgan fingerprint density at radius 2 is 2.00 bits per heavy atom. The SMILES string of the molecule is CC1(C)C(=O)Nc2cc3nc(-c4[nH]ncc4NC(=O)OCc4ccccc4)[nH]c3cc21. The van der Waals surface area contributed by atoms with Gasteiger partial charge in [-0.2, -0.15) is 5.10 Å². The number of aromatic amines is 2. The molecular weight excluding hydrogens is 396 g/mol. The predicted molar refractivity (Wildman–Crippen MR) is 116 cm³/mol. The number of amides is 2. The number of hydrogen-bond donors (Lipinski definition) is 4. The number of carbonyl (C=O) groups excluding carboxylic acids is 2. The molecule has 9 heteroatoms. The second kappa shape index (κ2) is 6.98. The second-order valence-corrected chi connectivity index (χ2v) is 7.92. The number of carbonyl (C=O) groups is 2. The van der Waals surface area contributed by atoms with Crippen molar-refractivity contribution in [3.05, 3.63) is 59.8 Å². The van der Waals surface area contributed by atoms with E-state index in [2.05, 4.69) is 30.8 Å². The summed E-state index contributed by atoms with van der Waals surface area (Å²) in [6.45, 7) is 3.93. The maximum atomic E-state index is 12.2. The first kappa shape index (κ1) is 18.9. The Kier molecular flexibility index (Phi) is 4.25. The van der Waals surface area contributed by atoms with Gasteiger partial charge in [0.15, 0.2) is 5.82 Å². The number of rotatable bonds is 4. The van der Waals surface area contributed by atoms with E-state index in [1.807, 2.05) is 56.3 Å². The van der Waals surface area contributed by atoms with Gasteiger partial charge in [0.1, 0.15) is 12.3 Å². The lowest BCUT2D eigenvalue weighted by atomic mass is 9.86. The number of aromatic nitrogens is 4. The summed E-state index contributed by atoms with van der Waals surface area (Å²) in [7, 11) is 0. The molecule has 0 radical (unpaired) electrons. The molecule has 0 aliphatic carbocycles. The van der Waals surface area contributed by atoms with Gasteiger partial charge >= 0.3 is 6.09 Å². The minimum Gasteiger partial charge on any atom is -0.444 e. The summed E-state index contributed by atoms with van der Waals surface area (Å²) in [5.74, 6) is 0.475. The minimum atomic E-state index is -0.613. The number of anilines is 2. The van der Waals surface area contributed by atoms with Crippen LogP contribution >= 0.6 is 0 Å². The lowest BCUT2D eigenvalue weighted by Gasteiger charge is -2.14. The van der Waals surface area contributed by atoms with Crippen molar-refractivity contribution >= 4 is 34.4 Å².